The summed E-state index contributed by atoms with van der Waals surface area (Å²) in [6.45, 7) is 8.35. The van der Waals surface area contributed by atoms with Gasteiger partial charge in [0.05, 0.1) is 0 Å². The van der Waals surface area contributed by atoms with Crippen LogP contribution in [0.1, 0.15) is 13.8 Å². The molecule has 0 aromatic heterocycles. The van der Waals surface area contributed by atoms with Crippen LogP contribution in [0.5, 0.6) is 0 Å². The largest absolute Gasteiger partial charge is 0.360 e. The summed E-state index contributed by atoms with van der Waals surface area (Å²) >= 11 is 5.25. The molecule has 0 heterocycles. The predicted octanol–water partition coefficient (Wildman–Crippen LogP) is 2.75. The molecule has 0 saturated heterocycles. The first-order valence-electron chi connectivity index (χ1n) is 5.17. The third-order valence-corrected chi connectivity index (χ3v) is 2.36. The Hall–Kier alpha value is -1.16. The molecule has 1 N–H and O–H groups in total. The standard InChI is InChI=1S/C12H16FN2S/c1-4-15(12(16)14-9(2)3)11-7-5-10(13)6-8-11/h5-9H,1,4H2,2-3H3,(H,14,16). The quantitative estimate of drug-likeness (QED) is 0.817. The minimum atomic E-state index is -0.254. The average Bonchev–Trinajstić information content (AvgIpc) is 2.21. The number of hydrogen-bond acceptors (Lipinski definition) is 1. The fourth-order valence-corrected chi connectivity index (χ4v) is 1.73. The van der Waals surface area contributed by atoms with Gasteiger partial charge in [0, 0.05) is 18.3 Å². The highest BCUT2D eigenvalue weighted by Crippen LogP contribution is 2.14. The molecule has 0 aliphatic heterocycles. The predicted molar refractivity (Wildman–Crippen MR) is 70.0 cm³/mol. The minimum absolute atomic E-state index is 0.254. The molecule has 4 heteroatoms. The van der Waals surface area contributed by atoms with E-state index in [0.29, 0.717) is 11.7 Å². The van der Waals surface area contributed by atoms with Crippen LogP contribution in [0.2, 0.25) is 0 Å². The number of rotatable bonds is 3. The average molecular weight is 239 g/mol. The maximum Gasteiger partial charge on any atom is 0.173 e. The van der Waals surface area contributed by atoms with E-state index in [1.54, 1.807) is 12.1 Å². The summed E-state index contributed by atoms with van der Waals surface area (Å²) in [7, 11) is 0. The van der Waals surface area contributed by atoms with Gasteiger partial charge in [0.1, 0.15) is 5.82 Å². The lowest BCUT2D eigenvalue weighted by Gasteiger charge is -2.25. The molecule has 0 aliphatic rings. The van der Waals surface area contributed by atoms with Gasteiger partial charge in [-0.2, -0.15) is 0 Å². The van der Waals surface area contributed by atoms with Crippen LogP contribution in [0.25, 0.3) is 0 Å². The highest BCUT2D eigenvalue weighted by atomic mass is 32.1. The Balaban J connectivity index is 2.81. The summed E-state index contributed by atoms with van der Waals surface area (Å²) < 4.78 is 12.8. The highest BCUT2D eigenvalue weighted by Gasteiger charge is 2.10. The third-order valence-electron chi connectivity index (χ3n) is 2.02. The number of nitrogens with zero attached hydrogens (tertiary/aromatic N) is 1. The highest BCUT2D eigenvalue weighted by molar-refractivity contribution is 7.80. The smallest absolute Gasteiger partial charge is 0.173 e. The second-order valence-electron chi connectivity index (χ2n) is 3.73. The third kappa shape index (κ3) is 3.45. The second kappa shape index (κ2) is 5.80. The van der Waals surface area contributed by atoms with Crippen LogP contribution in [0.4, 0.5) is 10.1 Å². The van der Waals surface area contributed by atoms with E-state index >= 15 is 0 Å². The maximum absolute atomic E-state index is 12.8. The number of anilines is 1. The molecule has 0 amide bonds. The summed E-state index contributed by atoms with van der Waals surface area (Å²) in [6.07, 6.45) is 0. The van der Waals surface area contributed by atoms with Crippen molar-refractivity contribution in [2.75, 3.05) is 11.4 Å². The normalized spacial score (nSPS) is 10.3. The number of thiocarbonyl (C=S) groups is 1. The van der Waals surface area contributed by atoms with Crippen LogP contribution in [0.3, 0.4) is 0 Å². The van der Waals surface area contributed by atoms with Gasteiger partial charge in [-0.15, -0.1) is 0 Å². The van der Waals surface area contributed by atoms with Crippen molar-refractivity contribution in [1.29, 1.82) is 0 Å². The van der Waals surface area contributed by atoms with E-state index < -0.39 is 0 Å². The van der Waals surface area contributed by atoms with Crippen LogP contribution in [-0.2, 0) is 0 Å². The zero-order valence-corrected chi connectivity index (χ0v) is 10.4. The van der Waals surface area contributed by atoms with Crippen molar-refractivity contribution in [1.82, 2.24) is 5.32 Å². The van der Waals surface area contributed by atoms with E-state index in [0.717, 1.165) is 5.69 Å². The topological polar surface area (TPSA) is 15.3 Å². The first-order valence-corrected chi connectivity index (χ1v) is 5.58. The van der Waals surface area contributed by atoms with Gasteiger partial charge >= 0.3 is 0 Å². The lowest BCUT2D eigenvalue weighted by Crippen LogP contribution is -2.42. The number of nitrogens with one attached hydrogen (secondary N) is 1. The Morgan fingerprint density at radius 1 is 1.44 bits per heavy atom. The van der Waals surface area contributed by atoms with E-state index in [2.05, 4.69) is 12.2 Å². The van der Waals surface area contributed by atoms with E-state index in [-0.39, 0.29) is 11.9 Å². The van der Waals surface area contributed by atoms with Crippen molar-refractivity contribution in [2.24, 2.45) is 0 Å². The van der Waals surface area contributed by atoms with E-state index in [1.807, 2.05) is 18.7 Å². The molecule has 2 nitrogen and oxygen atoms in total. The summed E-state index contributed by atoms with van der Waals surface area (Å²) in [5.41, 5.74) is 0.842. The van der Waals surface area contributed by atoms with Gasteiger partial charge in [0.25, 0.3) is 0 Å². The van der Waals surface area contributed by atoms with Crippen LogP contribution in [0, 0.1) is 12.7 Å². The van der Waals surface area contributed by atoms with Crippen molar-refractivity contribution >= 4 is 23.0 Å². The lowest BCUT2D eigenvalue weighted by atomic mass is 10.3. The van der Waals surface area contributed by atoms with Crippen molar-refractivity contribution in [3.63, 3.8) is 0 Å². The Morgan fingerprint density at radius 2 is 2.00 bits per heavy atom. The minimum Gasteiger partial charge on any atom is -0.360 e. The van der Waals surface area contributed by atoms with Gasteiger partial charge in [0.2, 0.25) is 0 Å². The Morgan fingerprint density at radius 3 is 2.44 bits per heavy atom. The second-order valence-corrected chi connectivity index (χ2v) is 4.12. The zero-order chi connectivity index (χ0) is 12.1. The summed E-state index contributed by atoms with van der Waals surface area (Å²) in [5.74, 6) is -0.254. The van der Waals surface area contributed by atoms with Gasteiger partial charge in [-0.3, -0.25) is 0 Å². The molecule has 0 spiro atoms. The maximum atomic E-state index is 12.8. The fourth-order valence-electron chi connectivity index (χ4n) is 1.29. The van der Waals surface area contributed by atoms with Gasteiger partial charge in [0.15, 0.2) is 5.11 Å². The molecule has 87 valence electrons. The fraction of sp³-hybridized carbons (Fsp3) is 0.333. The summed E-state index contributed by atoms with van der Waals surface area (Å²) in [5, 5.41) is 3.74. The van der Waals surface area contributed by atoms with Crippen LogP contribution < -0.4 is 10.2 Å². The first kappa shape index (κ1) is 12.9. The van der Waals surface area contributed by atoms with Crippen molar-refractivity contribution in [3.05, 3.63) is 37.0 Å². The molecule has 0 fully saturated rings. The molecule has 0 aliphatic carbocycles. The Labute approximate surface area is 101 Å². The molecule has 1 rings (SSSR count). The van der Waals surface area contributed by atoms with Crippen molar-refractivity contribution in [2.45, 2.75) is 19.9 Å². The Kier molecular flexibility index (Phi) is 4.68. The summed E-state index contributed by atoms with van der Waals surface area (Å²) in [4.78, 5) is 1.83. The van der Waals surface area contributed by atoms with Crippen molar-refractivity contribution < 1.29 is 4.39 Å². The molecular formula is C12H16FN2S. The van der Waals surface area contributed by atoms with E-state index in [4.69, 9.17) is 12.2 Å². The number of benzene rings is 1. The van der Waals surface area contributed by atoms with Gasteiger partial charge in [-0.05, 0) is 57.3 Å². The molecule has 1 radical (unpaired) electrons. The van der Waals surface area contributed by atoms with Crippen molar-refractivity contribution in [3.8, 4) is 0 Å². The molecular weight excluding hydrogens is 223 g/mol. The number of halogens is 1. The molecule has 0 unspecified atom stereocenters. The van der Waals surface area contributed by atoms with Gasteiger partial charge < -0.3 is 10.2 Å². The van der Waals surface area contributed by atoms with E-state index in [1.165, 1.54) is 12.1 Å². The number of hydrogen-bond donors (Lipinski definition) is 1. The lowest BCUT2D eigenvalue weighted by molar-refractivity contribution is 0.628. The first-order chi connectivity index (χ1) is 7.54. The van der Waals surface area contributed by atoms with Crippen LogP contribution >= 0.6 is 12.2 Å². The molecule has 16 heavy (non-hydrogen) atoms. The van der Waals surface area contributed by atoms with Gasteiger partial charge in [-0.1, -0.05) is 0 Å². The molecule has 0 atom stereocenters. The van der Waals surface area contributed by atoms with Gasteiger partial charge in [-0.25, -0.2) is 4.39 Å². The van der Waals surface area contributed by atoms with Crippen LogP contribution in [-0.4, -0.2) is 17.7 Å². The van der Waals surface area contributed by atoms with E-state index in [9.17, 15) is 4.39 Å². The monoisotopic (exact) mass is 239 g/mol. The molecule has 0 bridgehead atoms. The SMILES string of the molecule is [CH2]CN(C(=S)NC(C)C)c1ccc(F)cc1. The molecule has 0 saturated carbocycles. The van der Waals surface area contributed by atoms with Crippen LogP contribution in [0.15, 0.2) is 24.3 Å². The Bertz CT molecular complexity index is 349. The zero-order valence-electron chi connectivity index (χ0n) is 9.53. The molecule has 1 aromatic rings. The molecule has 1 aromatic carbocycles. The summed E-state index contributed by atoms with van der Waals surface area (Å²) in [6, 6.07) is 6.47.